The fourth-order valence-electron chi connectivity index (χ4n) is 3.48. The molecule has 1 saturated heterocycles. The van der Waals surface area contributed by atoms with E-state index in [1.807, 2.05) is 0 Å². The van der Waals surface area contributed by atoms with Gasteiger partial charge in [0.15, 0.2) is 0 Å². The Balaban J connectivity index is 1.54. The average Bonchev–Trinajstić information content (AvgIpc) is 2.99. The molecule has 1 amide bonds. The van der Waals surface area contributed by atoms with Crippen molar-refractivity contribution in [2.24, 2.45) is 0 Å². The standard InChI is InChI=1S/C17H24N2O/c20-17(11-10-14-7-4-12-18-14)19-16-9-3-6-13-5-1-2-8-15(13)16/h1-2,5,8,14,16,18H,3-4,6-7,9-12H2,(H,19,20). The molecule has 2 atom stereocenters. The molecular weight excluding hydrogens is 248 g/mol. The molecule has 1 aliphatic carbocycles. The van der Waals surface area contributed by atoms with E-state index in [1.165, 1.54) is 30.4 Å². The van der Waals surface area contributed by atoms with Gasteiger partial charge in [-0.15, -0.1) is 0 Å². The highest BCUT2D eigenvalue weighted by Crippen LogP contribution is 2.29. The lowest BCUT2D eigenvalue weighted by atomic mass is 9.87. The van der Waals surface area contributed by atoms with Crippen molar-refractivity contribution < 1.29 is 4.79 Å². The maximum Gasteiger partial charge on any atom is 0.220 e. The molecule has 3 nitrogen and oxygen atoms in total. The second kappa shape index (κ2) is 6.40. The van der Waals surface area contributed by atoms with Crippen LogP contribution in [0.4, 0.5) is 0 Å². The second-order valence-electron chi connectivity index (χ2n) is 6.04. The van der Waals surface area contributed by atoms with Crippen LogP contribution in [0.15, 0.2) is 24.3 Å². The predicted molar refractivity (Wildman–Crippen MR) is 80.5 cm³/mol. The number of rotatable bonds is 4. The molecule has 0 spiro atoms. The van der Waals surface area contributed by atoms with Crippen molar-refractivity contribution in [2.45, 2.75) is 57.0 Å². The van der Waals surface area contributed by atoms with E-state index in [1.54, 1.807) is 0 Å². The van der Waals surface area contributed by atoms with Gasteiger partial charge in [-0.05, 0) is 56.2 Å². The Hall–Kier alpha value is -1.35. The van der Waals surface area contributed by atoms with Gasteiger partial charge in [-0.3, -0.25) is 4.79 Å². The fraction of sp³-hybridized carbons (Fsp3) is 0.588. The Labute approximate surface area is 121 Å². The molecule has 1 fully saturated rings. The minimum absolute atomic E-state index is 0.209. The first-order valence-corrected chi connectivity index (χ1v) is 7.93. The highest BCUT2D eigenvalue weighted by molar-refractivity contribution is 5.76. The van der Waals surface area contributed by atoms with Gasteiger partial charge < -0.3 is 10.6 Å². The van der Waals surface area contributed by atoms with Gasteiger partial charge in [-0.1, -0.05) is 24.3 Å². The summed E-state index contributed by atoms with van der Waals surface area (Å²) in [6.45, 7) is 1.11. The summed E-state index contributed by atoms with van der Waals surface area (Å²) in [5, 5.41) is 6.68. The number of hydrogen-bond acceptors (Lipinski definition) is 2. The number of fused-ring (bicyclic) bond motifs is 1. The third kappa shape index (κ3) is 3.21. The van der Waals surface area contributed by atoms with Crippen molar-refractivity contribution in [1.82, 2.24) is 10.6 Å². The summed E-state index contributed by atoms with van der Waals surface area (Å²) in [6.07, 6.45) is 7.49. The minimum Gasteiger partial charge on any atom is -0.349 e. The van der Waals surface area contributed by atoms with Crippen molar-refractivity contribution in [2.75, 3.05) is 6.54 Å². The number of hydrogen-bond donors (Lipinski definition) is 2. The van der Waals surface area contributed by atoms with Crippen molar-refractivity contribution in [3.63, 3.8) is 0 Å². The lowest BCUT2D eigenvalue weighted by Crippen LogP contribution is -2.32. The Morgan fingerprint density at radius 3 is 3.00 bits per heavy atom. The van der Waals surface area contributed by atoms with Crippen molar-refractivity contribution in [3.05, 3.63) is 35.4 Å². The van der Waals surface area contributed by atoms with Gasteiger partial charge in [0.05, 0.1) is 6.04 Å². The van der Waals surface area contributed by atoms with Crippen LogP contribution < -0.4 is 10.6 Å². The Morgan fingerprint density at radius 2 is 2.15 bits per heavy atom. The molecule has 0 radical (unpaired) electrons. The summed E-state index contributed by atoms with van der Waals surface area (Å²) in [6, 6.07) is 9.30. The third-order valence-electron chi connectivity index (χ3n) is 4.59. The maximum absolute atomic E-state index is 12.1. The van der Waals surface area contributed by atoms with Gasteiger partial charge in [0.25, 0.3) is 0 Å². The zero-order valence-corrected chi connectivity index (χ0v) is 12.0. The molecule has 1 aromatic rings. The molecule has 2 unspecified atom stereocenters. The molecule has 3 rings (SSSR count). The normalized spacial score (nSPS) is 25.2. The van der Waals surface area contributed by atoms with Crippen LogP contribution >= 0.6 is 0 Å². The first-order valence-electron chi connectivity index (χ1n) is 7.93. The van der Waals surface area contributed by atoms with Crippen LogP contribution in [0.2, 0.25) is 0 Å². The van der Waals surface area contributed by atoms with Gasteiger partial charge in [-0.2, -0.15) is 0 Å². The highest BCUT2D eigenvalue weighted by atomic mass is 16.1. The topological polar surface area (TPSA) is 41.1 Å². The van der Waals surface area contributed by atoms with Crippen LogP contribution in [0.3, 0.4) is 0 Å². The third-order valence-corrected chi connectivity index (χ3v) is 4.59. The number of nitrogens with one attached hydrogen (secondary N) is 2. The van der Waals surface area contributed by atoms with Gasteiger partial charge in [0.2, 0.25) is 5.91 Å². The van der Waals surface area contributed by atoms with E-state index in [9.17, 15) is 4.79 Å². The number of aryl methyl sites for hydroxylation is 1. The molecule has 1 aromatic carbocycles. The predicted octanol–water partition coefficient (Wildman–Crippen LogP) is 2.71. The van der Waals surface area contributed by atoms with Gasteiger partial charge in [0, 0.05) is 12.5 Å². The number of carbonyl (C=O) groups excluding carboxylic acids is 1. The van der Waals surface area contributed by atoms with E-state index in [0.717, 1.165) is 25.8 Å². The first kappa shape index (κ1) is 13.6. The van der Waals surface area contributed by atoms with Crippen molar-refractivity contribution >= 4 is 5.91 Å². The molecule has 3 heteroatoms. The zero-order valence-electron chi connectivity index (χ0n) is 12.0. The van der Waals surface area contributed by atoms with Crippen LogP contribution in [0.5, 0.6) is 0 Å². The SMILES string of the molecule is O=C(CCC1CCCN1)NC1CCCc2ccccc21. The van der Waals surface area contributed by atoms with E-state index in [0.29, 0.717) is 12.5 Å². The maximum atomic E-state index is 12.1. The monoisotopic (exact) mass is 272 g/mol. The van der Waals surface area contributed by atoms with E-state index >= 15 is 0 Å². The van der Waals surface area contributed by atoms with Gasteiger partial charge in [0.1, 0.15) is 0 Å². The summed E-state index contributed by atoms with van der Waals surface area (Å²) in [5.74, 6) is 0.209. The molecule has 108 valence electrons. The van der Waals surface area contributed by atoms with E-state index in [4.69, 9.17) is 0 Å². The van der Waals surface area contributed by atoms with Crippen LogP contribution in [-0.4, -0.2) is 18.5 Å². The van der Waals surface area contributed by atoms with Gasteiger partial charge >= 0.3 is 0 Å². The molecule has 2 aliphatic rings. The molecule has 2 N–H and O–H groups in total. The molecule has 20 heavy (non-hydrogen) atoms. The van der Waals surface area contributed by atoms with Crippen LogP contribution in [0.25, 0.3) is 0 Å². The second-order valence-corrected chi connectivity index (χ2v) is 6.04. The van der Waals surface area contributed by atoms with Crippen molar-refractivity contribution in [3.8, 4) is 0 Å². The Bertz CT molecular complexity index is 466. The highest BCUT2D eigenvalue weighted by Gasteiger charge is 2.22. The van der Waals surface area contributed by atoms with Crippen LogP contribution in [0, 0.1) is 0 Å². The molecule has 0 saturated carbocycles. The number of amides is 1. The number of benzene rings is 1. The number of carbonyl (C=O) groups is 1. The summed E-state index contributed by atoms with van der Waals surface area (Å²) >= 11 is 0. The van der Waals surface area contributed by atoms with Gasteiger partial charge in [-0.25, -0.2) is 0 Å². The van der Waals surface area contributed by atoms with Crippen LogP contribution in [0.1, 0.15) is 55.7 Å². The molecular formula is C17H24N2O. The van der Waals surface area contributed by atoms with E-state index in [-0.39, 0.29) is 11.9 Å². The fourth-order valence-corrected chi connectivity index (χ4v) is 3.48. The Kier molecular flexibility index (Phi) is 4.36. The molecule has 0 bridgehead atoms. The minimum atomic E-state index is 0.209. The van der Waals surface area contributed by atoms with E-state index < -0.39 is 0 Å². The zero-order chi connectivity index (χ0) is 13.8. The Morgan fingerprint density at radius 1 is 1.25 bits per heavy atom. The quantitative estimate of drug-likeness (QED) is 0.885. The lowest BCUT2D eigenvalue weighted by Gasteiger charge is -2.26. The summed E-state index contributed by atoms with van der Waals surface area (Å²) < 4.78 is 0. The first-order chi connectivity index (χ1) is 9.83. The van der Waals surface area contributed by atoms with E-state index in [2.05, 4.69) is 34.9 Å². The average molecular weight is 272 g/mol. The molecule has 1 heterocycles. The summed E-state index contributed by atoms with van der Waals surface area (Å²) in [7, 11) is 0. The smallest absolute Gasteiger partial charge is 0.220 e. The summed E-state index contributed by atoms with van der Waals surface area (Å²) in [4.78, 5) is 12.1. The van der Waals surface area contributed by atoms with Crippen molar-refractivity contribution in [1.29, 1.82) is 0 Å². The largest absolute Gasteiger partial charge is 0.349 e. The molecule has 1 aliphatic heterocycles. The molecule has 0 aromatic heterocycles. The summed E-state index contributed by atoms with van der Waals surface area (Å²) in [5.41, 5.74) is 2.73. The lowest BCUT2D eigenvalue weighted by molar-refractivity contribution is -0.122. The van der Waals surface area contributed by atoms with Crippen LogP contribution in [-0.2, 0) is 11.2 Å².